The van der Waals surface area contributed by atoms with Gasteiger partial charge >= 0.3 is 0 Å². The van der Waals surface area contributed by atoms with E-state index >= 15 is 0 Å². The molecule has 0 aliphatic carbocycles. The van der Waals surface area contributed by atoms with Crippen LogP contribution in [0.2, 0.25) is 0 Å². The van der Waals surface area contributed by atoms with Gasteiger partial charge in [-0.25, -0.2) is 0 Å². The van der Waals surface area contributed by atoms with Crippen LogP contribution in [0, 0.1) is 11.8 Å². The summed E-state index contributed by atoms with van der Waals surface area (Å²) in [4.78, 5) is 56.9. The Labute approximate surface area is 305 Å². The number of benzene rings is 4. The molecule has 0 saturated carbocycles. The van der Waals surface area contributed by atoms with Crippen LogP contribution in [-0.4, -0.2) is 65.6 Å². The van der Waals surface area contributed by atoms with Crippen molar-refractivity contribution >= 4 is 35.0 Å². The predicted molar refractivity (Wildman–Crippen MR) is 203 cm³/mol. The lowest BCUT2D eigenvalue weighted by Gasteiger charge is -2.28. The number of likely N-dealkylation sites (N-methyl/N-ethyl adjacent to an activating group) is 1. The van der Waals surface area contributed by atoms with Crippen molar-refractivity contribution in [2.75, 3.05) is 30.8 Å². The van der Waals surface area contributed by atoms with Gasteiger partial charge in [0.25, 0.3) is 0 Å². The standard InChI is InChI=1S/C43H45N5O4/c1-3-36(32-12-6-4-7-13-32)42(51)47-28-10-16-37(47)40(49)45-34-24-20-30(21-25-34)18-19-31-22-26-35(27-23-31)46-41(50)38-17-11-29-48(38)43(52)39(44-2)33-14-8-5-9-15-33/h4-9,12-15,20-27,36-39,44H,3,10-11,16-17,28-29H2,1-2H3,(H,45,49)(H,46,50)/t36-,37-,38-,39-/m0/s1. The highest BCUT2D eigenvalue weighted by molar-refractivity contribution is 5.99. The van der Waals surface area contributed by atoms with Crippen LogP contribution in [0.3, 0.4) is 0 Å². The minimum atomic E-state index is -0.535. The SMILES string of the molecule is CC[C@H](C(=O)N1CCC[C@H]1C(=O)Nc1ccc(C#Cc2ccc(NC(=O)[C@@H]3CCCN3C(=O)[C@@H](NC)c3ccccc3)cc2)cc1)c1ccccc1. The molecular formula is C43H45N5O4. The fraction of sp³-hybridized carbons (Fsp3) is 0.302. The molecule has 9 nitrogen and oxygen atoms in total. The number of nitrogens with one attached hydrogen (secondary N) is 3. The number of carbonyl (C=O) groups excluding carboxylic acids is 4. The molecule has 4 amide bonds. The zero-order valence-electron chi connectivity index (χ0n) is 29.7. The fourth-order valence-corrected chi connectivity index (χ4v) is 7.16. The van der Waals surface area contributed by atoms with Crippen LogP contribution >= 0.6 is 0 Å². The third kappa shape index (κ3) is 8.42. The Hall–Kier alpha value is -5.72. The van der Waals surface area contributed by atoms with E-state index in [1.54, 1.807) is 16.8 Å². The lowest BCUT2D eigenvalue weighted by atomic mass is 9.94. The number of likely N-dealkylation sites (tertiary alicyclic amines) is 2. The molecule has 0 radical (unpaired) electrons. The molecule has 52 heavy (non-hydrogen) atoms. The molecule has 2 aliphatic heterocycles. The zero-order valence-corrected chi connectivity index (χ0v) is 29.7. The summed E-state index contributed by atoms with van der Waals surface area (Å²) in [6.45, 7) is 3.12. The minimum absolute atomic E-state index is 0.00160. The number of hydrogen-bond acceptors (Lipinski definition) is 5. The van der Waals surface area contributed by atoms with Crippen LogP contribution in [0.15, 0.2) is 109 Å². The van der Waals surface area contributed by atoms with Gasteiger partial charge in [-0.3, -0.25) is 19.2 Å². The second-order valence-corrected chi connectivity index (χ2v) is 13.3. The number of hydrogen-bond donors (Lipinski definition) is 3. The van der Waals surface area contributed by atoms with E-state index in [9.17, 15) is 19.2 Å². The van der Waals surface area contributed by atoms with Crippen LogP contribution in [0.1, 0.15) is 73.2 Å². The number of rotatable bonds is 10. The average molecular weight is 696 g/mol. The van der Waals surface area contributed by atoms with Crippen molar-refractivity contribution in [3.05, 3.63) is 131 Å². The van der Waals surface area contributed by atoms with Gasteiger partial charge in [0.1, 0.15) is 18.1 Å². The van der Waals surface area contributed by atoms with Gasteiger partial charge in [0.05, 0.1) is 5.92 Å². The second-order valence-electron chi connectivity index (χ2n) is 13.3. The Bertz CT molecular complexity index is 1780. The van der Waals surface area contributed by atoms with Gasteiger partial charge in [-0.05, 0) is 98.8 Å². The molecule has 0 unspecified atom stereocenters. The summed E-state index contributed by atoms with van der Waals surface area (Å²) in [5.41, 5.74) is 4.68. The Morgan fingerprint density at radius 3 is 1.52 bits per heavy atom. The Morgan fingerprint density at radius 1 is 0.635 bits per heavy atom. The number of carbonyl (C=O) groups is 4. The van der Waals surface area contributed by atoms with Gasteiger partial charge < -0.3 is 25.8 Å². The first kappa shape index (κ1) is 36.1. The molecule has 2 aliphatic rings. The van der Waals surface area contributed by atoms with E-state index in [-0.39, 0.29) is 29.5 Å². The highest BCUT2D eigenvalue weighted by Crippen LogP contribution is 2.28. The third-order valence-electron chi connectivity index (χ3n) is 9.91. The highest BCUT2D eigenvalue weighted by atomic mass is 16.2. The van der Waals surface area contributed by atoms with Crippen molar-refractivity contribution in [3.63, 3.8) is 0 Å². The fourth-order valence-electron chi connectivity index (χ4n) is 7.16. The van der Waals surface area contributed by atoms with Crippen LogP contribution in [0.25, 0.3) is 0 Å². The molecular weight excluding hydrogens is 651 g/mol. The van der Waals surface area contributed by atoms with Crippen molar-refractivity contribution in [1.29, 1.82) is 0 Å². The molecule has 4 atom stereocenters. The van der Waals surface area contributed by atoms with Gasteiger partial charge in [-0.1, -0.05) is 79.4 Å². The smallest absolute Gasteiger partial charge is 0.247 e. The average Bonchev–Trinajstić information content (AvgIpc) is 3.88. The molecule has 0 bridgehead atoms. The Kier molecular flexibility index (Phi) is 11.8. The summed E-state index contributed by atoms with van der Waals surface area (Å²) in [5, 5.41) is 9.07. The van der Waals surface area contributed by atoms with E-state index in [1.165, 1.54) is 0 Å². The van der Waals surface area contributed by atoms with E-state index in [2.05, 4.69) is 27.8 Å². The first-order chi connectivity index (χ1) is 25.4. The van der Waals surface area contributed by atoms with Crippen molar-refractivity contribution < 1.29 is 19.2 Å². The lowest BCUT2D eigenvalue weighted by Crippen LogP contribution is -2.47. The molecule has 6 rings (SSSR count). The van der Waals surface area contributed by atoms with Crippen LogP contribution in [0.4, 0.5) is 11.4 Å². The van der Waals surface area contributed by atoms with Crippen LogP contribution < -0.4 is 16.0 Å². The van der Waals surface area contributed by atoms with E-state index in [0.29, 0.717) is 43.7 Å². The number of nitrogens with zero attached hydrogens (tertiary/aromatic N) is 2. The molecule has 2 fully saturated rings. The second kappa shape index (κ2) is 17.0. The van der Waals surface area contributed by atoms with E-state index in [4.69, 9.17) is 0 Å². The van der Waals surface area contributed by atoms with Crippen molar-refractivity contribution in [3.8, 4) is 11.8 Å². The lowest BCUT2D eigenvalue weighted by molar-refractivity contribution is -0.138. The molecule has 4 aromatic rings. The summed E-state index contributed by atoms with van der Waals surface area (Å²) < 4.78 is 0. The van der Waals surface area contributed by atoms with Gasteiger partial charge in [0.2, 0.25) is 23.6 Å². The predicted octanol–water partition coefficient (Wildman–Crippen LogP) is 6.10. The molecule has 2 heterocycles. The topological polar surface area (TPSA) is 111 Å². The van der Waals surface area contributed by atoms with Gasteiger partial charge in [0.15, 0.2) is 0 Å². The van der Waals surface area contributed by atoms with Gasteiger partial charge in [-0.2, -0.15) is 0 Å². The van der Waals surface area contributed by atoms with Crippen LogP contribution in [-0.2, 0) is 19.2 Å². The van der Waals surface area contributed by atoms with Crippen molar-refractivity contribution in [1.82, 2.24) is 15.1 Å². The molecule has 0 spiro atoms. The van der Waals surface area contributed by atoms with Crippen molar-refractivity contribution in [2.45, 2.75) is 63.1 Å². The van der Waals surface area contributed by atoms with E-state index in [1.807, 2.05) is 116 Å². The first-order valence-electron chi connectivity index (χ1n) is 18.1. The largest absolute Gasteiger partial charge is 0.330 e. The normalized spacial score (nSPS) is 17.8. The summed E-state index contributed by atoms with van der Waals surface area (Å²) in [6.07, 6.45) is 3.49. The quantitative estimate of drug-likeness (QED) is 0.174. The maximum atomic E-state index is 13.5. The van der Waals surface area contributed by atoms with E-state index in [0.717, 1.165) is 35.1 Å². The summed E-state index contributed by atoms with van der Waals surface area (Å²) >= 11 is 0. The Morgan fingerprint density at radius 2 is 1.08 bits per heavy atom. The molecule has 3 N–H and O–H groups in total. The molecule has 2 saturated heterocycles. The zero-order chi connectivity index (χ0) is 36.5. The summed E-state index contributed by atoms with van der Waals surface area (Å²) in [6, 6.07) is 32.4. The minimum Gasteiger partial charge on any atom is -0.330 e. The maximum Gasteiger partial charge on any atom is 0.247 e. The van der Waals surface area contributed by atoms with Gasteiger partial charge in [0, 0.05) is 35.6 Å². The molecule has 9 heteroatoms. The maximum absolute atomic E-state index is 13.5. The van der Waals surface area contributed by atoms with Crippen molar-refractivity contribution in [2.24, 2.45) is 0 Å². The van der Waals surface area contributed by atoms with E-state index < -0.39 is 18.1 Å². The monoisotopic (exact) mass is 695 g/mol. The molecule has 266 valence electrons. The van der Waals surface area contributed by atoms with Gasteiger partial charge in [-0.15, -0.1) is 0 Å². The summed E-state index contributed by atoms with van der Waals surface area (Å²) in [5.74, 6) is 5.55. The Balaban J connectivity index is 1.02. The first-order valence-corrected chi connectivity index (χ1v) is 18.1. The molecule has 4 aromatic carbocycles. The number of amides is 4. The van der Waals surface area contributed by atoms with Crippen LogP contribution in [0.5, 0.6) is 0 Å². The highest BCUT2D eigenvalue weighted by Gasteiger charge is 2.38. The molecule has 0 aromatic heterocycles. The summed E-state index contributed by atoms with van der Waals surface area (Å²) in [7, 11) is 1.75. The third-order valence-corrected chi connectivity index (χ3v) is 9.91. The number of anilines is 2.